The highest BCUT2D eigenvalue weighted by molar-refractivity contribution is 7.93. The maximum Gasteiger partial charge on any atom is 0.488 e. The van der Waals surface area contributed by atoms with E-state index in [1.807, 2.05) is 18.2 Å². The zero-order valence-corrected chi connectivity index (χ0v) is 12.9. The van der Waals surface area contributed by atoms with E-state index in [4.69, 9.17) is 0 Å². The third kappa shape index (κ3) is 3.21. The summed E-state index contributed by atoms with van der Waals surface area (Å²) in [4.78, 5) is 0.172. The van der Waals surface area contributed by atoms with Crippen LogP contribution in [0.25, 0.3) is 10.8 Å². The molecule has 116 valence electrons. The van der Waals surface area contributed by atoms with Crippen molar-refractivity contribution in [2.75, 3.05) is 4.72 Å². The van der Waals surface area contributed by atoms with Crippen LogP contribution in [0.5, 0.6) is 0 Å². The van der Waals surface area contributed by atoms with Crippen molar-refractivity contribution in [3.63, 3.8) is 0 Å². The normalized spacial score (nSPS) is 11.4. The fourth-order valence-corrected chi connectivity index (χ4v) is 3.68. The van der Waals surface area contributed by atoms with E-state index in [9.17, 15) is 18.5 Å². The van der Waals surface area contributed by atoms with Crippen LogP contribution in [-0.2, 0) is 10.0 Å². The van der Waals surface area contributed by atoms with Crippen molar-refractivity contribution < 1.29 is 18.5 Å². The average Bonchev–Trinajstić information content (AvgIpc) is 2.54. The molecule has 3 aromatic carbocycles. The quantitative estimate of drug-likeness (QED) is 0.631. The first kappa shape index (κ1) is 15.5. The Morgan fingerprint density at radius 2 is 1.57 bits per heavy atom. The van der Waals surface area contributed by atoms with E-state index in [1.54, 1.807) is 30.3 Å². The fraction of sp³-hybridized carbons (Fsp3) is 0. The van der Waals surface area contributed by atoms with E-state index in [1.165, 1.54) is 18.2 Å². The second kappa shape index (κ2) is 6.04. The predicted octanol–water partition coefficient (Wildman–Crippen LogP) is 1.32. The maximum absolute atomic E-state index is 12.7. The molecule has 0 bridgehead atoms. The Hall–Kier alpha value is -2.35. The molecule has 0 radical (unpaired) electrons. The zero-order valence-electron chi connectivity index (χ0n) is 12.0. The van der Waals surface area contributed by atoms with Gasteiger partial charge in [-0.3, -0.25) is 4.72 Å². The van der Waals surface area contributed by atoms with E-state index < -0.39 is 17.1 Å². The van der Waals surface area contributed by atoms with Crippen LogP contribution in [0.15, 0.2) is 71.6 Å². The molecule has 23 heavy (non-hydrogen) atoms. The molecule has 0 unspecified atom stereocenters. The summed E-state index contributed by atoms with van der Waals surface area (Å²) >= 11 is 0. The van der Waals surface area contributed by atoms with Crippen molar-refractivity contribution in [2.24, 2.45) is 0 Å². The highest BCUT2D eigenvalue weighted by atomic mass is 32.2. The molecule has 0 amide bonds. The molecule has 7 heteroatoms. The minimum Gasteiger partial charge on any atom is -0.423 e. The highest BCUT2D eigenvalue weighted by Crippen LogP contribution is 2.24. The van der Waals surface area contributed by atoms with Gasteiger partial charge in [-0.2, -0.15) is 0 Å². The molecule has 0 fully saturated rings. The number of rotatable bonds is 4. The standard InChI is InChI=1S/C16H14BNO4S/c19-17(20)13-7-4-8-14(11-13)18-23(21,22)16-10-3-6-12-5-1-2-9-15(12)16/h1-11,18-20H. The van der Waals surface area contributed by atoms with Gasteiger partial charge in [-0.15, -0.1) is 0 Å². The molecule has 0 aliphatic carbocycles. The third-order valence-electron chi connectivity index (χ3n) is 3.48. The zero-order chi connectivity index (χ0) is 16.4. The summed E-state index contributed by atoms with van der Waals surface area (Å²) in [6.45, 7) is 0. The number of nitrogens with one attached hydrogen (secondary N) is 1. The third-order valence-corrected chi connectivity index (χ3v) is 4.92. The van der Waals surface area contributed by atoms with Crippen molar-refractivity contribution in [3.05, 3.63) is 66.7 Å². The minimum absolute atomic E-state index is 0.172. The van der Waals surface area contributed by atoms with Crippen LogP contribution in [0, 0.1) is 0 Å². The molecule has 0 heterocycles. The van der Waals surface area contributed by atoms with Gasteiger partial charge in [0.2, 0.25) is 0 Å². The molecule has 0 saturated carbocycles. The van der Waals surface area contributed by atoms with E-state index in [-0.39, 0.29) is 16.0 Å². The summed E-state index contributed by atoms with van der Waals surface area (Å²) in [6, 6.07) is 18.3. The Kier molecular flexibility index (Phi) is 4.08. The topological polar surface area (TPSA) is 86.6 Å². The van der Waals surface area contributed by atoms with Gasteiger partial charge in [0.05, 0.1) is 4.90 Å². The van der Waals surface area contributed by atoms with Gasteiger partial charge in [0.15, 0.2) is 0 Å². The molecule has 0 aliphatic heterocycles. The Balaban J connectivity index is 2.03. The summed E-state index contributed by atoms with van der Waals surface area (Å²) in [5.41, 5.74) is 0.478. The number of anilines is 1. The molecular formula is C16H14BNO4S. The minimum atomic E-state index is -3.80. The molecule has 3 aromatic rings. The smallest absolute Gasteiger partial charge is 0.423 e. The summed E-state index contributed by atoms with van der Waals surface area (Å²) in [5, 5.41) is 19.8. The van der Waals surface area contributed by atoms with Crippen LogP contribution in [0.4, 0.5) is 5.69 Å². The number of fused-ring (bicyclic) bond motifs is 1. The van der Waals surface area contributed by atoms with Crippen LogP contribution in [-0.4, -0.2) is 25.6 Å². The van der Waals surface area contributed by atoms with Gasteiger partial charge >= 0.3 is 7.12 Å². The fourth-order valence-electron chi connectivity index (χ4n) is 2.40. The Morgan fingerprint density at radius 1 is 0.870 bits per heavy atom. The van der Waals surface area contributed by atoms with Gasteiger partial charge in [0.1, 0.15) is 0 Å². The predicted molar refractivity (Wildman–Crippen MR) is 91.0 cm³/mol. The number of sulfonamides is 1. The summed E-state index contributed by atoms with van der Waals surface area (Å²) in [7, 11) is -5.45. The lowest BCUT2D eigenvalue weighted by Crippen LogP contribution is -2.30. The van der Waals surface area contributed by atoms with Crippen LogP contribution < -0.4 is 10.2 Å². The van der Waals surface area contributed by atoms with Gasteiger partial charge in [0.25, 0.3) is 10.0 Å². The lowest BCUT2D eigenvalue weighted by atomic mass is 9.80. The van der Waals surface area contributed by atoms with E-state index in [0.29, 0.717) is 5.39 Å². The molecule has 0 spiro atoms. The summed E-state index contributed by atoms with van der Waals surface area (Å²) in [5.74, 6) is 0. The van der Waals surface area contributed by atoms with Gasteiger partial charge in [0, 0.05) is 11.1 Å². The Morgan fingerprint density at radius 3 is 2.35 bits per heavy atom. The highest BCUT2D eigenvalue weighted by Gasteiger charge is 2.18. The molecular weight excluding hydrogens is 313 g/mol. The van der Waals surface area contributed by atoms with Crippen molar-refractivity contribution >= 4 is 39.1 Å². The Bertz CT molecular complexity index is 952. The average molecular weight is 327 g/mol. The number of benzene rings is 3. The van der Waals surface area contributed by atoms with E-state index in [0.717, 1.165) is 5.39 Å². The first-order chi connectivity index (χ1) is 11.0. The van der Waals surface area contributed by atoms with Gasteiger partial charge in [-0.25, -0.2) is 8.42 Å². The lowest BCUT2D eigenvalue weighted by molar-refractivity contribution is 0.426. The molecule has 0 aliphatic rings. The van der Waals surface area contributed by atoms with Crippen molar-refractivity contribution in [1.29, 1.82) is 0 Å². The molecule has 0 atom stereocenters. The first-order valence-electron chi connectivity index (χ1n) is 6.94. The molecule has 3 N–H and O–H groups in total. The molecule has 0 saturated heterocycles. The van der Waals surface area contributed by atoms with E-state index >= 15 is 0 Å². The summed E-state index contributed by atoms with van der Waals surface area (Å²) in [6.07, 6.45) is 0. The number of hydrogen-bond acceptors (Lipinski definition) is 4. The maximum atomic E-state index is 12.7. The van der Waals surface area contributed by atoms with Crippen molar-refractivity contribution in [2.45, 2.75) is 4.90 Å². The van der Waals surface area contributed by atoms with Crippen LogP contribution >= 0.6 is 0 Å². The second-order valence-electron chi connectivity index (χ2n) is 5.08. The van der Waals surface area contributed by atoms with Gasteiger partial charge in [-0.1, -0.05) is 48.5 Å². The van der Waals surface area contributed by atoms with Crippen molar-refractivity contribution in [3.8, 4) is 0 Å². The molecule has 5 nitrogen and oxygen atoms in total. The Labute approximate surface area is 134 Å². The summed E-state index contributed by atoms with van der Waals surface area (Å²) < 4.78 is 27.8. The monoisotopic (exact) mass is 327 g/mol. The van der Waals surface area contributed by atoms with Gasteiger partial charge < -0.3 is 10.0 Å². The van der Waals surface area contributed by atoms with E-state index in [2.05, 4.69) is 4.72 Å². The van der Waals surface area contributed by atoms with Crippen LogP contribution in [0.1, 0.15) is 0 Å². The van der Waals surface area contributed by atoms with Crippen molar-refractivity contribution in [1.82, 2.24) is 0 Å². The van der Waals surface area contributed by atoms with Crippen LogP contribution in [0.2, 0.25) is 0 Å². The SMILES string of the molecule is O=S(=O)(Nc1cccc(B(O)O)c1)c1cccc2ccccc12. The second-order valence-corrected chi connectivity index (χ2v) is 6.73. The molecule has 0 aromatic heterocycles. The van der Waals surface area contributed by atoms with Crippen LogP contribution in [0.3, 0.4) is 0 Å². The lowest BCUT2D eigenvalue weighted by Gasteiger charge is -2.11. The first-order valence-corrected chi connectivity index (χ1v) is 8.42. The number of hydrogen-bond donors (Lipinski definition) is 3. The largest absolute Gasteiger partial charge is 0.488 e. The molecule has 3 rings (SSSR count). The van der Waals surface area contributed by atoms with Gasteiger partial charge in [-0.05, 0) is 29.0 Å².